The Morgan fingerprint density at radius 2 is 2.00 bits per heavy atom. The van der Waals surface area contributed by atoms with E-state index in [0.717, 1.165) is 0 Å². The Morgan fingerprint density at radius 1 is 1.38 bits per heavy atom. The molecule has 0 radical (unpaired) electrons. The molecule has 1 amide bonds. The number of amides is 1. The molecule has 0 aromatic heterocycles. The van der Waals surface area contributed by atoms with Crippen LogP contribution < -0.4 is 5.32 Å². The van der Waals surface area contributed by atoms with Crippen molar-refractivity contribution in [3.63, 3.8) is 0 Å². The predicted molar refractivity (Wildman–Crippen MR) is 63.0 cm³/mol. The minimum atomic E-state index is -0.372. The lowest BCUT2D eigenvalue weighted by atomic mass is 10.3. The molecule has 0 unspecified atom stereocenters. The number of para-hydroxylation sites is 1. The van der Waals surface area contributed by atoms with Crippen LogP contribution in [-0.2, 0) is 9.53 Å². The molecule has 0 fully saturated rings. The van der Waals surface area contributed by atoms with E-state index in [-0.39, 0.29) is 25.7 Å². The lowest BCUT2D eigenvalue weighted by Crippen LogP contribution is -2.19. The van der Waals surface area contributed by atoms with Crippen LogP contribution >= 0.6 is 23.2 Å². The second-order valence-corrected chi connectivity index (χ2v) is 3.74. The lowest BCUT2D eigenvalue weighted by molar-refractivity contribution is -0.120. The summed E-state index contributed by atoms with van der Waals surface area (Å²) >= 11 is 11.7. The smallest absolute Gasteiger partial charge is 0.250 e. The zero-order chi connectivity index (χ0) is 12.0. The van der Waals surface area contributed by atoms with Crippen LogP contribution in [0.15, 0.2) is 18.2 Å². The molecule has 0 bridgehead atoms. The Balaban J connectivity index is 2.56. The molecule has 2 N–H and O–H groups in total. The molecule has 0 saturated heterocycles. The molecule has 0 saturated carbocycles. The highest BCUT2D eigenvalue weighted by molar-refractivity contribution is 6.39. The van der Waals surface area contributed by atoms with Gasteiger partial charge in [-0.2, -0.15) is 0 Å². The Morgan fingerprint density at radius 3 is 2.56 bits per heavy atom. The summed E-state index contributed by atoms with van der Waals surface area (Å²) in [4.78, 5) is 11.4. The van der Waals surface area contributed by atoms with Crippen molar-refractivity contribution in [2.24, 2.45) is 0 Å². The number of aliphatic hydroxyl groups is 1. The quantitative estimate of drug-likeness (QED) is 0.799. The van der Waals surface area contributed by atoms with E-state index in [2.05, 4.69) is 5.32 Å². The zero-order valence-corrected chi connectivity index (χ0v) is 9.88. The number of rotatable bonds is 5. The summed E-state index contributed by atoms with van der Waals surface area (Å²) in [6.07, 6.45) is 0. The normalized spacial score (nSPS) is 10.2. The first-order chi connectivity index (χ1) is 7.65. The minimum absolute atomic E-state index is 0.115. The number of nitrogens with one attached hydrogen (secondary N) is 1. The second kappa shape index (κ2) is 6.70. The van der Waals surface area contributed by atoms with Crippen molar-refractivity contribution in [1.29, 1.82) is 0 Å². The second-order valence-electron chi connectivity index (χ2n) is 2.92. The third-order valence-corrected chi connectivity index (χ3v) is 2.33. The number of carbonyl (C=O) groups is 1. The van der Waals surface area contributed by atoms with E-state index in [1.807, 2.05) is 0 Å². The van der Waals surface area contributed by atoms with Gasteiger partial charge in [-0.15, -0.1) is 0 Å². The van der Waals surface area contributed by atoms with Gasteiger partial charge in [-0.05, 0) is 12.1 Å². The number of carbonyl (C=O) groups excluding carboxylic acids is 1. The fraction of sp³-hybridized carbons (Fsp3) is 0.300. The van der Waals surface area contributed by atoms with Crippen LogP contribution in [0.1, 0.15) is 0 Å². The Bertz CT molecular complexity index is 351. The van der Waals surface area contributed by atoms with Gasteiger partial charge in [0, 0.05) is 0 Å². The van der Waals surface area contributed by atoms with Crippen molar-refractivity contribution < 1.29 is 14.6 Å². The maximum absolute atomic E-state index is 11.4. The molecule has 6 heteroatoms. The third kappa shape index (κ3) is 3.98. The van der Waals surface area contributed by atoms with Gasteiger partial charge in [-0.3, -0.25) is 4.79 Å². The van der Waals surface area contributed by atoms with Gasteiger partial charge in [0.2, 0.25) is 5.91 Å². The first kappa shape index (κ1) is 13.3. The molecule has 0 aliphatic rings. The number of aliphatic hydroxyl groups excluding tert-OH is 1. The molecular weight excluding hydrogens is 253 g/mol. The van der Waals surface area contributed by atoms with Crippen molar-refractivity contribution >= 4 is 34.8 Å². The van der Waals surface area contributed by atoms with E-state index < -0.39 is 0 Å². The highest BCUT2D eigenvalue weighted by atomic mass is 35.5. The van der Waals surface area contributed by atoms with E-state index in [1.165, 1.54) is 0 Å². The highest BCUT2D eigenvalue weighted by Crippen LogP contribution is 2.29. The first-order valence-electron chi connectivity index (χ1n) is 4.57. The van der Waals surface area contributed by atoms with Crippen LogP contribution in [0.25, 0.3) is 0 Å². The standard InChI is InChI=1S/C10H11Cl2NO3/c11-7-2-1-3-8(12)10(7)13-9(15)6-16-5-4-14/h1-3,14H,4-6H2,(H,13,15). The van der Waals surface area contributed by atoms with Gasteiger partial charge < -0.3 is 15.2 Å². The van der Waals surface area contributed by atoms with Gasteiger partial charge in [0.25, 0.3) is 0 Å². The van der Waals surface area contributed by atoms with Crippen LogP contribution in [0.5, 0.6) is 0 Å². The molecule has 0 spiro atoms. The van der Waals surface area contributed by atoms with Crippen molar-refractivity contribution in [2.45, 2.75) is 0 Å². The number of anilines is 1. The zero-order valence-electron chi connectivity index (χ0n) is 8.37. The molecule has 1 rings (SSSR count). The van der Waals surface area contributed by atoms with Crippen molar-refractivity contribution in [2.75, 3.05) is 25.1 Å². The molecular formula is C10H11Cl2NO3. The highest BCUT2D eigenvalue weighted by Gasteiger charge is 2.09. The molecule has 0 atom stereocenters. The maximum atomic E-state index is 11.4. The number of halogens is 2. The number of ether oxygens (including phenoxy) is 1. The first-order valence-corrected chi connectivity index (χ1v) is 5.33. The van der Waals surface area contributed by atoms with Crippen LogP contribution in [0.3, 0.4) is 0 Å². The lowest BCUT2D eigenvalue weighted by Gasteiger charge is -2.08. The molecule has 1 aromatic rings. The summed E-state index contributed by atoms with van der Waals surface area (Å²) in [5.41, 5.74) is 0.364. The summed E-state index contributed by atoms with van der Waals surface area (Å²) in [5, 5.41) is 11.7. The summed E-state index contributed by atoms with van der Waals surface area (Å²) < 4.78 is 4.85. The van der Waals surface area contributed by atoms with Gasteiger partial charge in [0.05, 0.1) is 28.9 Å². The molecule has 16 heavy (non-hydrogen) atoms. The number of benzene rings is 1. The molecule has 4 nitrogen and oxygen atoms in total. The summed E-state index contributed by atoms with van der Waals surface area (Å²) in [6, 6.07) is 4.93. The Hall–Kier alpha value is -0.810. The molecule has 0 heterocycles. The van der Waals surface area contributed by atoms with Crippen LogP contribution in [0, 0.1) is 0 Å². The minimum Gasteiger partial charge on any atom is -0.394 e. The van der Waals surface area contributed by atoms with E-state index in [4.69, 9.17) is 33.0 Å². The van der Waals surface area contributed by atoms with Gasteiger partial charge >= 0.3 is 0 Å². The molecule has 0 aliphatic carbocycles. The summed E-state index contributed by atoms with van der Waals surface area (Å²) in [6.45, 7) is -0.161. The summed E-state index contributed by atoms with van der Waals surface area (Å²) in [7, 11) is 0. The van der Waals surface area contributed by atoms with Crippen LogP contribution in [0.4, 0.5) is 5.69 Å². The van der Waals surface area contributed by atoms with E-state index in [9.17, 15) is 4.79 Å². The SMILES string of the molecule is O=C(COCCO)Nc1c(Cl)cccc1Cl. The van der Waals surface area contributed by atoms with E-state index >= 15 is 0 Å². The largest absolute Gasteiger partial charge is 0.394 e. The van der Waals surface area contributed by atoms with Crippen LogP contribution in [0.2, 0.25) is 10.0 Å². The Kier molecular flexibility index (Phi) is 5.55. The fourth-order valence-corrected chi connectivity index (χ4v) is 1.51. The monoisotopic (exact) mass is 263 g/mol. The van der Waals surface area contributed by atoms with Crippen LogP contribution in [-0.4, -0.2) is 30.8 Å². The Labute approximate surface area is 103 Å². The van der Waals surface area contributed by atoms with Crippen molar-refractivity contribution in [1.82, 2.24) is 0 Å². The maximum Gasteiger partial charge on any atom is 0.250 e. The molecule has 88 valence electrons. The van der Waals surface area contributed by atoms with Gasteiger partial charge in [-0.25, -0.2) is 0 Å². The average Bonchev–Trinajstić information content (AvgIpc) is 2.24. The topological polar surface area (TPSA) is 58.6 Å². The van der Waals surface area contributed by atoms with Crippen molar-refractivity contribution in [3.05, 3.63) is 28.2 Å². The predicted octanol–water partition coefficient (Wildman–Crippen LogP) is 1.94. The number of hydrogen-bond donors (Lipinski definition) is 2. The van der Waals surface area contributed by atoms with Gasteiger partial charge in [0.15, 0.2) is 0 Å². The molecule has 0 aliphatic heterocycles. The van der Waals surface area contributed by atoms with Gasteiger partial charge in [0.1, 0.15) is 6.61 Å². The number of hydrogen-bond acceptors (Lipinski definition) is 3. The summed E-state index contributed by atoms with van der Waals surface area (Å²) in [5.74, 6) is -0.372. The van der Waals surface area contributed by atoms with E-state index in [1.54, 1.807) is 18.2 Å². The third-order valence-electron chi connectivity index (χ3n) is 1.70. The van der Waals surface area contributed by atoms with E-state index in [0.29, 0.717) is 15.7 Å². The average molecular weight is 264 g/mol. The van der Waals surface area contributed by atoms with Gasteiger partial charge in [-0.1, -0.05) is 29.3 Å². The van der Waals surface area contributed by atoms with Crippen molar-refractivity contribution in [3.8, 4) is 0 Å². The fourth-order valence-electron chi connectivity index (χ4n) is 1.02. The molecule has 1 aromatic carbocycles.